The molecule has 0 fully saturated rings. The lowest BCUT2D eigenvalue weighted by Gasteiger charge is -2.14. The van der Waals surface area contributed by atoms with Gasteiger partial charge < -0.3 is 0 Å². The molecule has 1 aromatic carbocycles. The van der Waals surface area contributed by atoms with E-state index in [-0.39, 0.29) is 6.04 Å². The average Bonchev–Trinajstić information content (AvgIpc) is 2.80. The fourth-order valence-electron chi connectivity index (χ4n) is 1.62. The van der Waals surface area contributed by atoms with Gasteiger partial charge in [-0.3, -0.25) is 11.3 Å². The number of thiophene rings is 1. The molecule has 0 saturated heterocycles. The molecular formula is C13H14Cl2N2S2. The van der Waals surface area contributed by atoms with E-state index in [0.29, 0.717) is 0 Å². The Morgan fingerprint density at radius 2 is 2.11 bits per heavy atom. The molecule has 1 unspecified atom stereocenters. The first-order chi connectivity index (χ1) is 9.17. The quantitative estimate of drug-likeness (QED) is 0.472. The van der Waals surface area contributed by atoms with E-state index in [1.807, 2.05) is 36.4 Å². The van der Waals surface area contributed by atoms with Crippen molar-refractivity contribution in [2.75, 3.05) is 5.75 Å². The number of thioether (sulfide) groups is 1. The number of hydrogen-bond acceptors (Lipinski definition) is 4. The SMILES string of the molecule is NNC(CSc1cccc(Cl)c1)Cc1ccc(Cl)s1. The number of benzene rings is 1. The van der Waals surface area contributed by atoms with E-state index >= 15 is 0 Å². The van der Waals surface area contributed by atoms with Crippen molar-refractivity contribution in [2.45, 2.75) is 17.4 Å². The van der Waals surface area contributed by atoms with Crippen molar-refractivity contribution in [2.24, 2.45) is 5.84 Å². The summed E-state index contributed by atoms with van der Waals surface area (Å²) >= 11 is 15.2. The van der Waals surface area contributed by atoms with Crippen LogP contribution in [0.3, 0.4) is 0 Å². The number of hydrogen-bond donors (Lipinski definition) is 2. The second kappa shape index (κ2) is 7.53. The lowest BCUT2D eigenvalue weighted by molar-refractivity contribution is 0.579. The van der Waals surface area contributed by atoms with Gasteiger partial charge in [0.05, 0.1) is 4.34 Å². The number of hydrazine groups is 1. The van der Waals surface area contributed by atoms with Gasteiger partial charge >= 0.3 is 0 Å². The molecule has 1 atom stereocenters. The van der Waals surface area contributed by atoms with Crippen molar-refractivity contribution in [1.82, 2.24) is 5.43 Å². The maximum atomic E-state index is 5.96. The van der Waals surface area contributed by atoms with Gasteiger partial charge in [0.15, 0.2) is 0 Å². The van der Waals surface area contributed by atoms with Gasteiger partial charge in [-0.1, -0.05) is 29.3 Å². The summed E-state index contributed by atoms with van der Waals surface area (Å²) in [5, 5.41) is 0.757. The third-order valence-electron chi connectivity index (χ3n) is 2.56. The second-order valence-corrected chi connectivity index (χ2v) is 7.37. The first-order valence-electron chi connectivity index (χ1n) is 5.76. The van der Waals surface area contributed by atoms with Crippen LogP contribution in [0.5, 0.6) is 0 Å². The third-order valence-corrected chi connectivity index (χ3v) is 5.20. The normalized spacial score (nSPS) is 12.6. The highest BCUT2D eigenvalue weighted by Gasteiger charge is 2.10. The molecule has 0 saturated carbocycles. The molecule has 0 aliphatic rings. The van der Waals surface area contributed by atoms with Crippen LogP contribution in [-0.4, -0.2) is 11.8 Å². The molecule has 6 heteroatoms. The van der Waals surface area contributed by atoms with Gasteiger partial charge in [0, 0.05) is 26.6 Å². The molecule has 19 heavy (non-hydrogen) atoms. The topological polar surface area (TPSA) is 38.0 Å². The summed E-state index contributed by atoms with van der Waals surface area (Å²) in [7, 11) is 0. The maximum absolute atomic E-state index is 5.96. The minimum absolute atomic E-state index is 0.207. The van der Waals surface area contributed by atoms with E-state index < -0.39 is 0 Å². The summed E-state index contributed by atoms with van der Waals surface area (Å²) in [6, 6.07) is 12.0. The van der Waals surface area contributed by atoms with Crippen LogP contribution < -0.4 is 11.3 Å². The Hall–Kier alpha value is -0.230. The van der Waals surface area contributed by atoms with Crippen LogP contribution in [-0.2, 0) is 6.42 Å². The van der Waals surface area contributed by atoms with E-state index in [9.17, 15) is 0 Å². The lowest BCUT2D eigenvalue weighted by Crippen LogP contribution is -2.38. The Kier molecular flexibility index (Phi) is 6.01. The summed E-state index contributed by atoms with van der Waals surface area (Å²) < 4.78 is 0.813. The molecule has 2 rings (SSSR count). The highest BCUT2D eigenvalue weighted by molar-refractivity contribution is 7.99. The fraction of sp³-hybridized carbons (Fsp3) is 0.231. The van der Waals surface area contributed by atoms with E-state index in [2.05, 4.69) is 5.43 Å². The maximum Gasteiger partial charge on any atom is 0.0931 e. The van der Waals surface area contributed by atoms with Gasteiger partial charge in [0.2, 0.25) is 0 Å². The lowest BCUT2D eigenvalue weighted by atomic mass is 10.2. The monoisotopic (exact) mass is 332 g/mol. The molecule has 0 bridgehead atoms. The van der Waals surface area contributed by atoms with Crippen LogP contribution >= 0.6 is 46.3 Å². The highest BCUT2D eigenvalue weighted by Crippen LogP contribution is 2.25. The molecule has 2 aromatic rings. The van der Waals surface area contributed by atoms with Crippen molar-refractivity contribution in [3.63, 3.8) is 0 Å². The summed E-state index contributed by atoms with van der Waals surface area (Å²) in [5.41, 5.74) is 2.85. The number of rotatable bonds is 6. The third kappa shape index (κ3) is 4.99. The van der Waals surface area contributed by atoms with E-state index in [1.54, 1.807) is 23.1 Å². The van der Waals surface area contributed by atoms with Crippen molar-refractivity contribution in [3.8, 4) is 0 Å². The van der Waals surface area contributed by atoms with Crippen molar-refractivity contribution in [1.29, 1.82) is 0 Å². The number of nitrogens with one attached hydrogen (secondary N) is 1. The van der Waals surface area contributed by atoms with Gasteiger partial charge in [0.1, 0.15) is 0 Å². The van der Waals surface area contributed by atoms with Gasteiger partial charge in [-0.25, -0.2) is 0 Å². The number of nitrogens with two attached hydrogens (primary N) is 1. The molecule has 0 amide bonds. The summed E-state index contributed by atoms with van der Waals surface area (Å²) in [6.45, 7) is 0. The largest absolute Gasteiger partial charge is 0.271 e. The van der Waals surface area contributed by atoms with E-state index in [0.717, 1.165) is 26.4 Å². The van der Waals surface area contributed by atoms with Gasteiger partial charge in [-0.05, 0) is 36.8 Å². The predicted molar refractivity (Wildman–Crippen MR) is 86.3 cm³/mol. The molecule has 0 spiro atoms. The molecule has 1 aromatic heterocycles. The first-order valence-corrected chi connectivity index (χ1v) is 8.32. The van der Waals surface area contributed by atoms with Crippen molar-refractivity contribution < 1.29 is 0 Å². The van der Waals surface area contributed by atoms with Crippen LogP contribution in [0.1, 0.15) is 4.88 Å². The summed E-state index contributed by atoms with van der Waals surface area (Å²) in [5.74, 6) is 6.49. The van der Waals surface area contributed by atoms with Gasteiger partial charge in [0.25, 0.3) is 0 Å². The molecule has 3 N–H and O–H groups in total. The zero-order valence-corrected chi connectivity index (χ0v) is 13.3. The summed E-state index contributed by atoms with van der Waals surface area (Å²) in [4.78, 5) is 2.39. The fourth-order valence-corrected chi connectivity index (χ4v) is 4.04. The Morgan fingerprint density at radius 1 is 1.26 bits per heavy atom. The molecule has 0 aliphatic carbocycles. The average molecular weight is 333 g/mol. The second-order valence-electron chi connectivity index (χ2n) is 4.04. The Labute approximate surface area is 131 Å². The molecule has 2 nitrogen and oxygen atoms in total. The Balaban J connectivity index is 1.89. The zero-order valence-electron chi connectivity index (χ0n) is 10.1. The Morgan fingerprint density at radius 3 is 2.74 bits per heavy atom. The minimum Gasteiger partial charge on any atom is -0.271 e. The van der Waals surface area contributed by atoms with Crippen LogP contribution in [0.2, 0.25) is 9.36 Å². The summed E-state index contributed by atoms with van der Waals surface area (Å²) in [6.07, 6.45) is 0.876. The van der Waals surface area contributed by atoms with Crippen LogP contribution in [0, 0.1) is 0 Å². The molecule has 1 heterocycles. The predicted octanol–water partition coefficient (Wildman–Crippen LogP) is 4.22. The smallest absolute Gasteiger partial charge is 0.0931 e. The van der Waals surface area contributed by atoms with Gasteiger partial charge in [-0.2, -0.15) is 0 Å². The van der Waals surface area contributed by atoms with Crippen LogP contribution in [0.4, 0.5) is 0 Å². The van der Waals surface area contributed by atoms with Crippen molar-refractivity contribution in [3.05, 3.63) is 50.6 Å². The molecule has 102 valence electrons. The molecule has 0 radical (unpaired) electrons. The van der Waals surface area contributed by atoms with E-state index in [1.165, 1.54) is 4.88 Å². The van der Waals surface area contributed by atoms with E-state index in [4.69, 9.17) is 29.0 Å². The molecule has 0 aliphatic heterocycles. The van der Waals surface area contributed by atoms with Gasteiger partial charge in [-0.15, -0.1) is 23.1 Å². The standard InChI is InChI=1S/C13H14Cl2N2S2/c14-9-2-1-3-11(6-9)18-8-10(17-16)7-12-4-5-13(15)19-12/h1-6,10,17H,7-8,16H2. The zero-order chi connectivity index (χ0) is 13.7. The van der Waals surface area contributed by atoms with Crippen LogP contribution in [0.15, 0.2) is 41.3 Å². The Bertz CT molecular complexity index is 531. The minimum atomic E-state index is 0.207. The number of halogens is 2. The van der Waals surface area contributed by atoms with Crippen LogP contribution in [0.25, 0.3) is 0 Å². The first kappa shape index (κ1) is 15.2. The molecular weight excluding hydrogens is 319 g/mol. The highest BCUT2D eigenvalue weighted by atomic mass is 35.5. The van der Waals surface area contributed by atoms with Crippen molar-refractivity contribution >= 4 is 46.3 Å².